The number of amides is 1. The summed E-state index contributed by atoms with van der Waals surface area (Å²) < 4.78 is 0. The molecule has 3 nitrogen and oxygen atoms in total. The molecule has 4 rings (SSSR count). The van der Waals surface area contributed by atoms with Crippen molar-refractivity contribution in [1.29, 1.82) is 0 Å². The number of hydrogen-bond acceptors (Lipinski definition) is 2. The summed E-state index contributed by atoms with van der Waals surface area (Å²) in [7, 11) is 1.99. The van der Waals surface area contributed by atoms with Crippen molar-refractivity contribution in [2.45, 2.75) is 58.4 Å². The minimum absolute atomic E-state index is 0.0543. The molecule has 4 saturated carbocycles. The fraction of sp³-hybridized carbons (Fsp3) is 0.941. The van der Waals surface area contributed by atoms with Gasteiger partial charge in [-0.3, -0.25) is 4.79 Å². The molecule has 0 aliphatic heterocycles. The maximum absolute atomic E-state index is 12.5. The van der Waals surface area contributed by atoms with Crippen molar-refractivity contribution in [3.05, 3.63) is 0 Å². The molecule has 1 amide bonds. The number of rotatable bonds is 4. The van der Waals surface area contributed by atoms with Gasteiger partial charge in [0.2, 0.25) is 5.91 Å². The summed E-state index contributed by atoms with van der Waals surface area (Å²) >= 11 is 0. The first kappa shape index (κ1) is 14.4. The van der Waals surface area contributed by atoms with E-state index in [2.05, 4.69) is 0 Å². The van der Waals surface area contributed by atoms with Crippen molar-refractivity contribution in [3.63, 3.8) is 0 Å². The van der Waals surface area contributed by atoms with E-state index < -0.39 is 0 Å². The zero-order valence-electron chi connectivity index (χ0n) is 13.3. The molecule has 0 aromatic rings. The Bertz CT molecular complexity index is 355. The highest BCUT2D eigenvalue weighted by atomic mass is 16.2. The summed E-state index contributed by atoms with van der Waals surface area (Å²) in [6.45, 7) is 4.86. The smallest absolute Gasteiger partial charge is 0.226 e. The van der Waals surface area contributed by atoms with Crippen LogP contribution in [-0.4, -0.2) is 30.4 Å². The number of nitrogens with two attached hydrogens (primary N) is 1. The lowest BCUT2D eigenvalue weighted by Gasteiger charge is -2.57. The van der Waals surface area contributed by atoms with Crippen LogP contribution >= 0.6 is 0 Å². The molecule has 0 aromatic heterocycles. The van der Waals surface area contributed by atoms with Gasteiger partial charge >= 0.3 is 0 Å². The van der Waals surface area contributed by atoms with Gasteiger partial charge in [0, 0.05) is 19.6 Å². The maximum Gasteiger partial charge on any atom is 0.226 e. The largest absolute Gasteiger partial charge is 0.345 e. The highest BCUT2D eigenvalue weighted by Crippen LogP contribution is 2.60. The van der Waals surface area contributed by atoms with Crippen LogP contribution in [0.5, 0.6) is 0 Å². The van der Waals surface area contributed by atoms with E-state index in [4.69, 9.17) is 5.73 Å². The third-order valence-corrected chi connectivity index (χ3v) is 6.29. The fourth-order valence-electron chi connectivity index (χ4n) is 5.64. The minimum atomic E-state index is -0.0612. The fourth-order valence-corrected chi connectivity index (χ4v) is 5.64. The van der Waals surface area contributed by atoms with E-state index >= 15 is 0 Å². The van der Waals surface area contributed by atoms with Gasteiger partial charge < -0.3 is 10.6 Å². The summed E-state index contributed by atoms with van der Waals surface area (Å²) in [5.74, 6) is 3.03. The normalized spacial score (nSPS) is 41.5. The topological polar surface area (TPSA) is 46.3 Å². The molecular weight excluding hydrogens is 248 g/mol. The molecule has 2 N–H and O–H groups in total. The van der Waals surface area contributed by atoms with Gasteiger partial charge in [-0.1, -0.05) is 6.92 Å². The summed E-state index contributed by atoms with van der Waals surface area (Å²) in [6.07, 6.45) is 8.49. The molecule has 114 valence electrons. The Morgan fingerprint density at radius 3 is 2.00 bits per heavy atom. The molecular formula is C17H30N2O. The van der Waals surface area contributed by atoms with Crippen LogP contribution in [0.3, 0.4) is 0 Å². The van der Waals surface area contributed by atoms with Gasteiger partial charge in [-0.25, -0.2) is 0 Å². The average molecular weight is 278 g/mol. The van der Waals surface area contributed by atoms with Gasteiger partial charge in [-0.15, -0.1) is 0 Å². The molecule has 4 bridgehead atoms. The van der Waals surface area contributed by atoms with Crippen molar-refractivity contribution in [2.24, 2.45) is 34.8 Å². The molecule has 0 saturated heterocycles. The first-order valence-electron chi connectivity index (χ1n) is 8.39. The predicted molar refractivity (Wildman–Crippen MR) is 81.1 cm³/mol. The number of carbonyl (C=O) groups excluding carboxylic acids is 1. The van der Waals surface area contributed by atoms with Crippen LogP contribution in [0.1, 0.15) is 52.4 Å². The second-order valence-electron chi connectivity index (χ2n) is 8.26. The number of nitrogens with zero attached hydrogens (tertiary/aromatic N) is 1. The Labute approximate surface area is 123 Å². The van der Waals surface area contributed by atoms with Gasteiger partial charge in [-0.05, 0) is 68.6 Å². The SMILES string of the molecule is CC(N)C(C)C(=O)N(C)CC12CC3CC(CC(C3)C1)C2. The Hall–Kier alpha value is -0.570. The van der Waals surface area contributed by atoms with E-state index in [-0.39, 0.29) is 17.9 Å². The molecule has 20 heavy (non-hydrogen) atoms. The van der Waals surface area contributed by atoms with E-state index in [1.54, 1.807) is 0 Å². The summed E-state index contributed by atoms with van der Waals surface area (Å²) in [4.78, 5) is 14.4. The summed E-state index contributed by atoms with van der Waals surface area (Å²) in [5.41, 5.74) is 6.33. The first-order chi connectivity index (χ1) is 9.38. The van der Waals surface area contributed by atoms with Crippen molar-refractivity contribution < 1.29 is 4.79 Å². The Balaban J connectivity index is 1.67. The summed E-state index contributed by atoms with van der Waals surface area (Å²) in [6, 6.07) is -0.0543. The maximum atomic E-state index is 12.5. The van der Waals surface area contributed by atoms with Crippen molar-refractivity contribution in [2.75, 3.05) is 13.6 Å². The van der Waals surface area contributed by atoms with E-state index in [0.29, 0.717) is 5.41 Å². The molecule has 3 heteroatoms. The lowest BCUT2D eigenvalue weighted by atomic mass is 9.49. The zero-order valence-corrected chi connectivity index (χ0v) is 13.3. The van der Waals surface area contributed by atoms with E-state index in [0.717, 1.165) is 24.3 Å². The van der Waals surface area contributed by atoms with Crippen LogP contribution in [0.25, 0.3) is 0 Å². The molecule has 0 spiro atoms. The van der Waals surface area contributed by atoms with Gasteiger partial charge in [0.05, 0.1) is 5.92 Å². The van der Waals surface area contributed by atoms with Crippen molar-refractivity contribution in [1.82, 2.24) is 4.90 Å². The minimum Gasteiger partial charge on any atom is -0.345 e. The van der Waals surface area contributed by atoms with Crippen molar-refractivity contribution >= 4 is 5.91 Å². The number of hydrogen-bond donors (Lipinski definition) is 1. The van der Waals surface area contributed by atoms with E-state index in [9.17, 15) is 4.79 Å². The molecule has 4 aliphatic rings. The average Bonchev–Trinajstić information content (AvgIpc) is 2.34. The standard InChI is InChI=1S/C17H30N2O/c1-11(12(2)18)16(20)19(3)10-17-7-13-4-14(8-17)6-15(5-13)9-17/h11-15H,4-10,18H2,1-3H3. The Morgan fingerprint density at radius 2 is 1.60 bits per heavy atom. The third kappa shape index (κ3) is 2.49. The molecule has 0 heterocycles. The second kappa shape index (κ2) is 5.01. The van der Waals surface area contributed by atoms with E-state index in [1.165, 1.54) is 38.5 Å². The molecule has 4 fully saturated rings. The van der Waals surface area contributed by atoms with Crippen LogP contribution in [0, 0.1) is 29.1 Å². The second-order valence-corrected chi connectivity index (χ2v) is 8.26. The molecule has 4 aliphatic carbocycles. The van der Waals surface area contributed by atoms with E-state index in [1.807, 2.05) is 25.8 Å². The molecule has 0 radical (unpaired) electrons. The van der Waals surface area contributed by atoms with Crippen LogP contribution in [0.2, 0.25) is 0 Å². The third-order valence-electron chi connectivity index (χ3n) is 6.29. The number of carbonyl (C=O) groups is 1. The zero-order chi connectivity index (χ0) is 14.5. The highest BCUT2D eigenvalue weighted by molar-refractivity contribution is 5.78. The van der Waals surface area contributed by atoms with Crippen LogP contribution in [-0.2, 0) is 4.79 Å². The van der Waals surface area contributed by atoms with Crippen LogP contribution in [0.15, 0.2) is 0 Å². The van der Waals surface area contributed by atoms with Crippen molar-refractivity contribution in [3.8, 4) is 0 Å². The lowest BCUT2D eigenvalue weighted by molar-refractivity contribution is -0.139. The Morgan fingerprint density at radius 1 is 1.15 bits per heavy atom. The van der Waals surface area contributed by atoms with Gasteiger partial charge in [0.15, 0.2) is 0 Å². The molecule has 0 aromatic carbocycles. The molecule has 2 unspecified atom stereocenters. The first-order valence-corrected chi connectivity index (χ1v) is 8.39. The van der Waals surface area contributed by atoms with Gasteiger partial charge in [-0.2, -0.15) is 0 Å². The monoisotopic (exact) mass is 278 g/mol. The quantitative estimate of drug-likeness (QED) is 0.859. The summed E-state index contributed by atoms with van der Waals surface area (Å²) in [5, 5.41) is 0. The van der Waals surface area contributed by atoms with Gasteiger partial charge in [0.1, 0.15) is 0 Å². The van der Waals surface area contributed by atoms with Crippen LogP contribution < -0.4 is 5.73 Å². The highest BCUT2D eigenvalue weighted by Gasteiger charge is 2.51. The van der Waals surface area contributed by atoms with Crippen LogP contribution in [0.4, 0.5) is 0 Å². The molecule has 2 atom stereocenters. The van der Waals surface area contributed by atoms with Gasteiger partial charge in [0.25, 0.3) is 0 Å². The lowest BCUT2D eigenvalue weighted by Crippen LogP contribution is -2.52. The Kier molecular flexibility index (Phi) is 3.60. The predicted octanol–water partition coefficient (Wildman–Crippen LogP) is 2.64.